The number of nitrogens with two attached hydrogens (primary N) is 2. The second kappa shape index (κ2) is 12.7. The van der Waals surface area contributed by atoms with Crippen molar-refractivity contribution in [3.8, 4) is 0 Å². The number of carboxylic acid groups (broad SMARTS) is 1. The first-order chi connectivity index (χ1) is 20.3. The van der Waals surface area contributed by atoms with Gasteiger partial charge < -0.3 is 26.3 Å². The van der Waals surface area contributed by atoms with Crippen LogP contribution in [0.25, 0.3) is 0 Å². The van der Waals surface area contributed by atoms with Crippen LogP contribution in [0.2, 0.25) is 0 Å². The van der Waals surface area contributed by atoms with Crippen molar-refractivity contribution in [1.29, 1.82) is 5.41 Å². The van der Waals surface area contributed by atoms with Gasteiger partial charge in [-0.1, -0.05) is 5.16 Å². The number of carbonyl (C=O) groups is 3. The zero-order valence-corrected chi connectivity index (χ0v) is 24.8. The van der Waals surface area contributed by atoms with Gasteiger partial charge in [0.05, 0.1) is 37.1 Å². The highest BCUT2D eigenvalue weighted by Gasteiger charge is 2.56. The van der Waals surface area contributed by atoms with Crippen molar-refractivity contribution < 1.29 is 37.3 Å². The minimum absolute atomic E-state index is 0.000235. The third-order valence-electron chi connectivity index (χ3n) is 7.05. The molecule has 1 saturated carbocycles. The summed E-state index contributed by atoms with van der Waals surface area (Å²) in [6.45, 7) is 0.494. The van der Waals surface area contributed by atoms with E-state index >= 15 is 0 Å². The number of thiazole rings is 1. The molecule has 234 valence electrons. The average Bonchev–Trinajstić information content (AvgIpc) is 3.41. The predicted molar refractivity (Wildman–Crippen MR) is 151 cm³/mol. The van der Waals surface area contributed by atoms with Gasteiger partial charge in [0.15, 0.2) is 16.6 Å². The number of anilines is 1. The van der Waals surface area contributed by atoms with E-state index in [0.717, 1.165) is 29.0 Å². The molecule has 2 aromatic heterocycles. The Morgan fingerprint density at radius 3 is 2.65 bits per heavy atom. The highest BCUT2D eigenvalue weighted by Crippen LogP contribution is 2.40. The van der Waals surface area contributed by atoms with Crippen LogP contribution in [0.5, 0.6) is 0 Å². The fourth-order valence-electron chi connectivity index (χ4n) is 4.43. The van der Waals surface area contributed by atoms with Crippen molar-refractivity contribution in [2.45, 2.75) is 63.3 Å². The molecule has 18 nitrogen and oxygen atoms in total. The molecule has 0 aromatic carbocycles. The van der Waals surface area contributed by atoms with Crippen molar-refractivity contribution >= 4 is 56.0 Å². The van der Waals surface area contributed by atoms with Gasteiger partial charge in [0, 0.05) is 38.1 Å². The molecule has 0 spiro atoms. The van der Waals surface area contributed by atoms with Gasteiger partial charge in [-0.25, -0.2) is 14.1 Å². The summed E-state index contributed by atoms with van der Waals surface area (Å²) >= 11 is 0.996. The number of hydrogen-bond donors (Lipinski definition) is 5. The first-order valence-electron chi connectivity index (χ1n) is 13.2. The summed E-state index contributed by atoms with van der Waals surface area (Å²) in [5.74, 6) is -3.91. The van der Waals surface area contributed by atoms with Crippen LogP contribution in [0, 0.1) is 11.3 Å². The van der Waals surface area contributed by atoms with E-state index in [4.69, 9.17) is 21.7 Å². The highest BCUT2D eigenvalue weighted by molar-refractivity contribution is 7.84. The smallest absolute Gasteiger partial charge is 0.362 e. The van der Waals surface area contributed by atoms with E-state index in [2.05, 4.69) is 20.3 Å². The number of amides is 1. The maximum absolute atomic E-state index is 13.4. The van der Waals surface area contributed by atoms with E-state index in [0.29, 0.717) is 24.5 Å². The molecule has 1 amide bonds. The number of hydrogen-bond acceptors (Lipinski definition) is 14. The number of carboxylic acids is 1. The third-order valence-corrected chi connectivity index (χ3v) is 8.67. The van der Waals surface area contributed by atoms with E-state index in [1.807, 2.05) is 0 Å². The number of aliphatic carboxylic acids is 1. The summed E-state index contributed by atoms with van der Waals surface area (Å²) in [4.78, 5) is 49.7. The van der Waals surface area contributed by atoms with Crippen molar-refractivity contribution in [2.75, 3.05) is 19.3 Å². The molecule has 0 bridgehead atoms. The highest BCUT2D eigenvalue weighted by atomic mass is 32.2. The van der Waals surface area contributed by atoms with Crippen LogP contribution in [0.3, 0.4) is 0 Å². The van der Waals surface area contributed by atoms with Crippen LogP contribution < -0.4 is 11.5 Å². The zero-order valence-electron chi connectivity index (χ0n) is 23.1. The number of Topliss-reactive ketones (excluding diaryl/α,β-unsaturated/α-hetero) is 1. The van der Waals surface area contributed by atoms with E-state index in [1.165, 1.54) is 11.6 Å². The molecule has 2 aromatic rings. The minimum Gasteiger partial charge on any atom is -0.478 e. The summed E-state index contributed by atoms with van der Waals surface area (Å²) in [6.07, 6.45) is 3.32. The predicted octanol–water partition coefficient (Wildman–Crippen LogP) is -0.518. The molecule has 0 radical (unpaired) electrons. The van der Waals surface area contributed by atoms with E-state index in [9.17, 15) is 32.5 Å². The minimum atomic E-state index is -4.98. The second-order valence-corrected chi connectivity index (χ2v) is 12.4. The Hall–Kier alpha value is -4.01. The van der Waals surface area contributed by atoms with Gasteiger partial charge in [0.2, 0.25) is 11.5 Å². The summed E-state index contributed by atoms with van der Waals surface area (Å²) < 4.78 is 33.9. The molecule has 2 aliphatic rings. The lowest BCUT2D eigenvalue weighted by Crippen LogP contribution is -2.64. The van der Waals surface area contributed by atoms with E-state index in [-0.39, 0.29) is 46.8 Å². The van der Waals surface area contributed by atoms with Gasteiger partial charge in [-0.15, -0.1) is 11.3 Å². The number of β-lactam (4-membered cyclic amide) rings is 1. The number of nitrogens with one attached hydrogen (secondary N) is 1. The zero-order chi connectivity index (χ0) is 31.5. The summed E-state index contributed by atoms with van der Waals surface area (Å²) in [5.41, 5.74) is 9.70. The largest absolute Gasteiger partial charge is 0.478 e. The number of ketones is 1. The monoisotopic (exact) mass is 640 g/mol. The van der Waals surface area contributed by atoms with Gasteiger partial charge in [0.25, 0.3) is 0 Å². The third kappa shape index (κ3) is 7.32. The van der Waals surface area contributed by atoms with Crippen molar-refractivity contribution in [3.63, 3.8) is 0 Å². The fourth-order valence-corrected chi connectivity index (χ4v) is 5.90. The molecule has 2 fully saturated rings. The standard InChI is InChI=1S/C23H32N10O8S2/c1-31(18(25)4-2-3-7-24)10-13-9-27-32(29-13)11-16-14(20(35)33(16)43(38,39)40)8-17(34)19(15-12-42-22(26)28-15)30-41-23(5-6-23)21(36)37/h9,12,14,16,25H,2-8,10-11,24H2,1H3,(H2,26,28)(H,36,37)(H,38,39,40)/b25-18?,30-19-/t14-,16+/m0/s1. The normalized spacial score (nSPS) is 19.6. The quantitative estimate of drug-likeness (QED) is 0.0386. The number of nitrogen functional groups attached to an aromatic ring is 1. The maximum Gasteiger partial charge on any atom is 0.362 e. The van der Waals surface area contributed by atoms with Gasteiger partial charge in [0.1, 0.15) is 11.4 Å². The maximum atomic E-state index is 13.4. The molecule has 4 rings (SSSR count). The molecule has 0 unspecified atom stereocenters. The first-order valence-corrected chi connectivity index (χ1v) is 15.5. The van der Waals surface area contributed by atoms with Gasteiger partial charge in [-0.05, 0) is 19.4 Å². The summed E-state index contributed by atoms with van der Waals surface area (Å²) in [7, 11) is -3.26. The molecule has 1 aliphatic heterocycles. The molecule has 20 heteroatoms. The topological polar surface area (TPSA) is 273 Å². The SMILES string of the molecule is CN(Cc1cnn(C[C@@H]2[C@H](CC(=O)/C(=N\OC3(C(=O)O)CC3)c3csc(N)n3)C(=O)N2S(=O)(=O)O)n1)C(=N)CCCCN. The number of aromatic nitrogens is 4. The average molecular weight is 641 g/mol. The Morgan fingerprint density at radius 2 is 2.07 bits per heavy atom. The number of amidine groups is 1. The Balaban J connectivity index is 1.49. The molecule has 1 saturated heterocycles. The lowest BCUT2D eigenvalue weighted by molar-refractivity contribution is -0.153. The van der Waals surface area contributed by atoms with Crippen LogP contribution in [-0.2, 0) is 42.6 Å². The van der Waals surface area contributed by atoms with Crippen molar-refractivity contribution in [3.05, 3.63) is 23.0 Å². The molecular formula is C23H32N10O8S2. The van der Waals surface area contributed by atoms with E-state index in [1.54, 1.807) is 11.9 Å². The Morgan fingerprint density at radius 1 is 1.35 bits per heavy atom. The Labute approximate surface area is 250 Å². The number of unbranched alkanes of at least 4 members (excludes halogenated alkanes) is 1. The van der Waals surface area contributed by atoms with Crippen LogP contribution >= 0.6 is 11.3 Å². The molecule has 7 N–H and O–H groups in total. The van der Waals surface area contributed by atoms with Crippen LogP contribution in [-0.4, -0.2) is 102 Å². The fraction of sp³-hybridized carbons (Fsp3) is 0.565. The summed E-state index contributed by atoms with van der Waals surface area (Å²) in [5, 5.41) is 31.3. The Bertz CT molecular complexity index is 1530. The molecule has 2 atom stereocenters. The molecule has 3 heterocycles. The van der Waals surface area contributed by atoms with Crippen LogP contribution in [0.4, 0.5) is 5.13 Å². The summed E-state index contributed by atoms with van der Waals surface area (Å²) in [6, 6.07) is -1.23. The van der Waals surface area contributed by atoms with E-state index < -0.39 is 51.9 Å². The number of nitrogens with zero attached hydrogens (tertiary/aromatic N) is 7. The number of rotatable bonds is 16. The lowest BCUT2D eigenvalue weighted by Gasteiger charge is -2.43. The Kier molecular flexibility index (Phi) is 9.42. The lowest BCUT2D eigenvalue weighted by atomic mass is 9.84. The molecule has 43 heavy (non-hydrogen) atoms. The van der Waals surface area contributed by atoms with Gasteiger partial charge in [-0.2, -0.15) is 23.4 Å². The van der Waals surface area contributed by atoms with Crippen LogP contribution in [0.15, 0.2) is 16.7 Å². The number of carbonyl (C=O) groups excluding carboxylic acids is 2. The van der Waals surface area contributed by atoms with Crippen molar-refractivity contribution in [2.24, 2.45) is 16.8 Å². The van der Waals surface area contributed by atoms with Crippen LogP contribution in [0.1, 0.15) is 49.9 Å². The molecular weight excluding hydrogens is 608 g/mol. The number of oxime groups is 1. The van der Waals surface area contributed by atoms with Gasteiger partial charge in [-0.3, -0.25) is 19.6 Å². The van der Waals surface area contributed by atoms with Crippen molar-refractivity contribution in [1.82, 2.24) is 29.2 Å². The first kappa shape index (κ1) is 31.9. The molecule has 1 aliphatic carbocycles. The second-order valence-electron chi connectivity index (χ2n) is 10.3. The van der Waals surface area contributed by atoms with Gasteiger partial charge >= 0.3 is 16.3 Å².